The first-order chi connectivity index (χ1) is 16.3. The van der Waals surface area contributed by atoms with Crippen LogP contribution in [-0.4, -0.2) is 55.7 Å². The number of piperazine rings is 1. The van der Waals surface area contributed by atoms with Gasteiger partial charge in [-0.3, -0.25) is 23.3 Å². The number of anilines is 1. The second-order valence-corrected chi connectivity index (χ2v) is 9.64. The van der Waals surface area contributed by atoms with Gasteiger partial charge in [-0.2, -0.15) is 4.98 Å². The topological polar surface area (TPSA) is 85.4 Å². The van der Waals surface area contributed by atoms with Gasteiger partial charge in [0.25, 0.3) is 11.5 Å². The zero-order valence-electron chi connectivity index (χ0n) is 18.8. The van der Waals surface area contributed by atoms with Crippen molar-refractivity contribution in [1.82, 2.24) is 23.6 Å². The van der Waals surface area contributed by atoms with Crippen LogP contribution in [0, 0.1) is 0 Å². The summed E-state index contributed by atoms with van der Waals surface area (Å²) in [6, 6.07) is 11.1. The summed E-state index contributed by atoms with van der Waals surface area (Å²) in [6.45, 7) is 2.60. The molecule has 176 valence electrons. The van der Waals surface area contributed by atoms with Crippen LogP contribution in [-0.2, 0) is 20.6 Å². The van der Waals surface area contributed by atoms with Crippen molar-refractivity contribution >= 4 is 46.0 Å². The molecule has 3 aromatic heterocycles. The van der Waals surface area contributed by atoms with Crippen molar-refractivity contribution in [1.29, 1.82) is 0 Å². The van der Waals surface area contributed by atoms with Crippen LogP contribution in [0.2, 0.25) is 5.02 Å². The van der Waals surface area contributed by atoms with Crippen molar-refractivity contribution in [3.05, 3.63) is 78.1 Å². The molecule has 1 amide bonds. The van der Waals surface area contributed by atoms with Crippen LogP contribution >= 0.6 is 22.9 Å². The second kappa shape index (κ2) is 8.77. The zero-order chi connectivity index (χ0) is 24.0. The quantitative estimate of drug-likeness (QED) is 0.430. The van der Waals surface area contributed by atoms with Crippen LogP contribution in [0.3, 0.4) is 0 Å². The number of carbonyl (C=O) groups excluding carboxylic acids is 1. The van der Waals surface area contributed by atoms with Gasteiger partial charge in [0, 0.05) is 45.3 Å². The number of nitrogens with zero attached hydrogens (tertiary/aromatic N) is 6. The number of benzene rings is 1. The highest BCUT2D eigenvalue weighted by molar-refractivity contribution is 7.12. The van der Waals surface area contributed by atoms with Crippen molar-refractivity contribution in [2.75, 3.05) is 31.1 Å². The maximum Gasteiger partial charge on any atom is 0.332 e. The number of imidazole rings is 1. The van der Waals surface area contributed by atoms with Gasteiger partial charge in [0.05, 0.1) is 11.4 Å². The third-order valence-electron chi connectivity index (χ3n) is 6.16. The summed E-state index contributed by atoms with van der Waals surface area (Å²) in [5.74, 6) is 0.632. The predicted octanol–water partition coefficient (Wildman–Crippen LogP) is 2.16. The number of thiophene rings is 1. The lowest BCUT2D eigenvalue weighted by Gasteiger charge is -2.35. The third kappa shape index (κ3) is 3.82. The van der Waals surface area contributed by atoms with Gasteiger partial charge < -0.3 is 9.80 Å². The molecule has 5 rings (SSSR count). The molecule has 9 nitrogen and oxygen atoms in total. The fraction of sp³-hybridized carbons (Fsp3) is 0.304. The molecule has 0 bridgehead atoms. The number of hydrogen-bond acceptors (Lipinski definition) is 6. The summed E-state index contributed by atoms with van der Waals surface area (Å²) in [5, 5.41) is 2.53. The molecule has 0 N–H and O–H groups in total. The minimum atomic E-state index is -0.424. The van der Waals surface area contributed by atoms with Crippen LogP contribution in [0.5, 0.6) is 0 Å². The third-order valence-corrected chi connectivity index (χ3v) is 7.27. The van der Waals surface area contributed by atoms with E-state index in [2.05, 4.69) is 4.90 Å². The average Bonchev–Trinajstić information content (AvgIpc) is 3.51. The van der Waals surface area contributed by atoms with Gasteiger partial charge in [0.1, 0.15) is 0 Å². The fourth-order valence-electron chi connectivity index (χ4n) is 4.26. The Morgan fingerprint density at radius 3 is 2.38 bits per heavy atom. The molecule has 1 saturated heterocycles. The van der Waals surface area contributed by atoms with E-state index < -0.39 is 11.2 Å². The van der Waals surface area contributed by atoms with Gasteiger partial charge in [-0.15, -0.1) is 11.3 Å². The summed E-state index contributed by atoms with van der Waals surface area (Å²) in [5.41, 5.74) is 0.844. The highest BCUT2D eigenvalue weighted by atomic mass is 35.5. The standard InChI is InChI=1S/C23H23ClN6O3S/c1-26-19-18(21(32)27(2)23(26)33)30(14-15-5-7-16(24)8-6-15)22(25-19)29-11-9-28(10-12-29)20(31)17-4-3-13-34-17/h3-8,13H,9-12,14H2,1-2H3. The molecular formula is C23H23ClN6O3S. The normalized spacial score (nSPS) is 14.2. The minimum absolute atomic E-state index is 0.0283. The van der Waals surface area contributed by atoms with E-state index in [-0.39, 0.29) is 5.91 Å². The largest absolute Gasteiger partial charge is 0.339 e. The van der Waals surface area contributed by atoms with E-state index in [1.165, 1.54) is 23.0 Å². The van der Waals surface area contributed by atoms with Gasteiger partial charge >= 0.3 is 5.69 Å². The molecule has 1 fully saturated rings. The SMILES string of the molecule is Cn1c(=O)c2c(nc(N3CCN(C(=O)c4cccs4)CC3)n2Cc2ccc(Cl)cc2)n(C)c1=O. The first kappa shape index (κ1) is 22.4. The smallest absolute Gasteiger partial charge is 0.332 e. The van der Waals surface area contributed by atoms with Gasteiger partial charge in [-0.1, -0.05) is 29.8 Å². The van der Waals surface area contributed by atoms with Gasteiger partial charge in [0.2, 0.25) is 5.95 Å². The molecule has 0 atom stereocenters. The number of aryl methyl sites for hydroxylation is 1. The molecule has 1 aliphatic rings. The van der Waals surface area contributed by atoms with Crippen molar-refractivity contribution < 1.29 is 4.79 Å². The minimum Gasteiger partial charge on any atom is -0.339 e. The van der Waals surface area contributed by atoms with E-state index in [1.54, 1.807) is 19.2 Å². The van der Waals surface area contributed by atoms with Gasteiger partial charge in [-0.05, 0) is 29.1 Å². The predicted molar refractivity (Wildman–Crippen MR) is 133 cm³/mol. The molecule has 1 aromatic carbocycles. The van der Waals surface area contributed by atoms with Crippen molar-refractivity contribution in [3.8, 4) is 0 Å². The van der Waals surface area contributed by atoms with Crippen molar-refractivity contribution in [2.24, 2.45) is 14.1 Å². The highest BCUT2D eigenvalue weighted by Gasteiger charge is 2.28. The van der Waals surface area contributed by atoms with E-state index in [9.17, 15) is 14.4 Å². The Labute approximate surface area is 204 Å². The molecule has 34 heavy (non-hydrogen) atoms. The average molecular weight is 499 g/mol. The van der Waals surface area contributed by atoms with Gasteiger partial charge in [0.15, 0.2) is 11.2 Å². The molecule has 11 heteroatoms. The van der Waals surface area contributed by atoms with Crippen LogP contribution in [0.4, 0.5) is 5.95 Å². The number of fused-ring (bicyclic) bond motifs is 1. The Kier molecular flexibility index (Phi) is 5.78. The van der Waals surface area contributed by atoms with Crippen LogP contribution in [0.25, 0.3) is 11.2 Å². The summed E-state index contributed by atoms with van der Waals surface area (Å²) in [7, 11) is 3.09. The Hall–Kier alpha value is -3.37. The van der Waals surface area contributed by atoms with Gasteiger partial charge in [-0.25, -0.2) is 4.79 Å². The lowest BCUT2D eigenvalue weighted by atomic mass is 10.2. The van der Waals surface area contributed by atoms with Crippen LogP contribution in [0.15, 0.2) is 51.4 Å². The molecule has 0 saturated carbocycles. The number of hydrogen-bond donors (Lipinski definition) is 0. The van der Waals surface area contributed by atoms with Crippen LogP contribution < -0.4 is 16.1 Å². The maximum atomic E-state index is 13.1. The molecule has 1 aliphatic heterocycles. The first-order valence-electron chi connectivity index (χ1n) is 10.8. The number of rotatable bonds is 4. The molecule has 0 aliphatic carbocycles. The Bertz CT molecular complexity index is 1480. The molecule has 0 unspecified atom stereocenters. The fourth-order valence-corrected chi connectivity index (χ4v) is 5.08. The number of amides is 1. The van der Waals surface area contributed by atoms with E-state index in [0.717, 1.165) is 15.0 Å². The summed E-state index contributed by atoms with van der Waals surface area (Å²) < 4.78 is 4.36. The summed E-state index contributed by atoms with van der Waals surface area (Å²) >= 11 is 7.49. The monoisotopic (exact) mass is 498 g/mol. The highest BCUT2D eigenvalue weighted by Crippen LogP contribution is 2.24. The molecule has 0 spiro atoms. The summed E-state index contributed by atoms with van der Waals surface area (Å²) in [6.07, 6.45) is 0. The first-order valence-corrected chi connectivity index (χ1v) is 12.1. The van der Waals surface area contributed by atoms with Crippen molar-refractivity contribution in [3.63, 3.8) is 0 Å². The summed E-state index contributed by atoms with van der Waals surface area (Å²) in [4.78, 5) is 47.8. The number of aromatic nitrogens is 4. The zero-order valence-corrected chi connectivity index (χ0v) is 20.3. The Balaban J connectivity index is 1.54. The van der Waals surface area contributed by atoms with Crippen LogP contribution in [0.1, 0.15) is 15.2 Å². The maximum absolute atomic E-state index is 13.1. The molecular weight excluding hydrogens is 476 g/mol. The molecule has 0 radical (unpaired) electrons. The van der Waals surface area contributed by atoms with E-state index in [4.69, 9.17) is 16.6 Å². The molecule has 4 heterocycles. The lowest BCUT2D eigenvalue weighted by molar-refractivity contribution is 0.0751. The number of halogens is 1. The number of carbonyl (C=O) groups is 1. The van der Waals surface area contributed by atoms with E-state index >= 15 is 0 Å². The van der Waals surface area contributed by atoms with Crippen molar-refractivity contribution in [2.45, 2.75) is 6.54 Å². The Morgan fingerprint density at radius 1 is 1.03 bits per heavy atom. The van der Waals surface area contributed by atoms with E-state index in [1.807, 2.05) is 39.1 Å². The second-order valence-electron chi connectivity index (χ2n) is 8.26. The lowest BCUT2D eigenvalue weighted by Crippen LogP contribution is -2.49. The Morgan fingerprint density at radius 2 is 1.74 bits per heavy atom. The van der Waals surface area contributed by atoms with E-state index in [0.29, 0.717) is 54.9 Å². The molecule has 4 aromatic rings.